The van der Waals surface area contributed by atoms with Gasteiger partial charge in [0.25, 0.3) is 0 Å². The average molecular weight is 336 g/mol. The molecular formula is C18H29N3OS. The number of aliphatic imine (C=N–C) groups is 1. The van der Waals surface area contributed by atoms with Crippen molar-refractivity contribution in [2.24, 2.45) is 16.8 Å². The molecular weight excluding hydrogens is 306 g/mol. The minimum atomic E-state index is -0.976. The molecule has 4 nitrogen and oxygen atoms in total. The van der Waals surface area contributed by atoms with E-state index in [-0.39, 0.29) is 0 Å². The van der Waals surface area contributed by atoms with E-state index >= 15 is 0 Å². The van der Waals surface area contributed by atoms with Crippen LogP contribution < -0.4 is 5.32 Å². The summed E-state index contributed by atoms with van der Waals surface area (Å²) in [5, 5.41) is 3.38. The maximum Gasteiger partial charge on any atom is 0.193 e. The molecule has 0 bridgehead atoms. The van der Waals surface area contributed by atoms with Crippen molar-refractivity contribution in [1.82, 2.24) is 10.2 Å². The maximum absolute atomic E-state index is 12.3. The highest BCUT2D eigenvalue weighted by Crippen LogP contribution is 2.20. The molecule has 1 saturated heterocycles. The van der Waals surface area contributed by atoms with E-state index in [0.717, 1.165) is 30.5 Å². The van der Waals surface area contributed by atoms with E-state index in [4.69, 9.17) is 4.99 Å². The Morgan fingerprint density at radius 2 is 1.91 bits per heavy atom. The minimum Gasteiger partial charge on any atom is -0.357 e. The van der Waals surface area contributed by atoms with Gasteiger partial charge < -0.3 is 10.2 Å². The van der Waals surface area contributed by atoms with Gasteiger partial charge in [0.05, 0.1) is 17.3 Å². The van der Waals surface area contributed by atoms with Gasteiger partial charge in [-0.15, -0.1) is 0 Å². The second kappa shape index (κ2) is 9.06. The van der Waals surface area contributed by atoms with Gasteiger partial charge in [0.1, 0.15) is 0 Å². The third-order valence-corrected chi connectivity index (χ3v) is 5.40. The fourth-order valence-corrected chi connectivity index (χ4v) is 4.14. The molecule has 0 aliphatic carbocycles. The number of rotatable bonds is 5. The van der Waals surface area contributed by atoms with Crippen LogP contribution in [-0.4, -0.2) is 47.0 Å². The molecule has 1 N–H and O–H groups in total. The SMILES string of the molecule is CCNC(=NCCS(=O)c1ccccc1)N1CC(C)CC(C)C1. The lowest BCUT2D eigenvalue weighted by molar-refractivity contribution is 0.208. The first kappa shape index (κ1) is 18.0. The van der Waals surface area contributed by atoms with Crippen LogP contribution in [0.15, 0.2) is 40.2 Å². The summed E-state index contributed by atoms with van der Waals surface area (Å²) in [6, 6.07) is 9.63. The number of hydrogen-bond acceptors (Lipinski definition) is 2. The molecule has 5 heteroatoms. The molecule has 0 radical (unpaired) electrons. The van der Waals surface area contributed by atoms with Gasteiger partial charge in [-0.1, -0.05) is 32.0 Å². The molecule has 3 unspecified atom stereocenters. The number of hydrogen-bond donors (Lipinski definition) is 1. The van der Waals surface area contributed by atoms with Crippen LogP contribution in [0.25, 0.3) is 0 Å². The quantitative estimate of drug-likeness (QED) is 0.665. The first-order valence-corrected chi connectivity index (χ1v) is 9.88. The van der Waals surface area contributed by atoms with Crippen molar-refractivity contribution in [3.8, 4) is 0 Å². The number of nitrogens with zero attached hydrogens (tertiary/aromatic N) is 2. The van der Waals surface area contributed by atoms with Crippen LogP contribution in [0.4, 0.5) is 0 Å². The number of likely N-dealkylation sites (tertiary alicyclic amines) is 1. The molecule has 128 valence electrons. The van der Waals surface area contributed by atoms with Crippen LogP contribution in [0, 0.1) is 11.8 Å². The van der Waals surface area contributed by atoms with Crippen molar-refractivity contribution in [2.45, 2.75) is 32.1 Å². The van der Waals surface area contributed by atoms with Crippen molar-refractivity contribution in [3.63, 3.8) is 0 Å². The molecule has 23 heavy (non-hydrogen) atoms. The lowest BCUT2D eigenvalue weighted by Gasteiger charge is -2.37. The molecule has 1 aliphatic rings. The normalized spacial score (nSPS) is 23.6. The van der Waals surface area contributed by atoms with Gasteiger partial charge in [-0.25, -0.2) is 0 Å². The summed E-state index contributed by atoms with van der Waals surface area (Å²) in [5.41, 5.74) is 0. The van der Waals surface area contributed by atoms with E-state index in [1.807, 2.05) is 30.3 Å². The largest absolute Gasteiger partial charge is 0.357 e. The lowest BCUT2D eigenvalue weighted by Crippen LogP contribution is -2.48. The maximum atomic E-state index is 12.3. The zero-order valence-electron chi connectivity index (χ0n) is 14.5. The lowest BCUT2D eigenvalue weighted by atomic mass is 9.92. The first-order valence-electron chi connectivity index (χ1n) is 8.56. The summed E-state index contributed by atoms with van der Waals surface area (Å²) in [4.78, 5) is 7.95. The van der Waals surface area contributed by atoms with E-state index in [9.17, 15) is 4.21 Å². The molecule has 0 aromatic heterocycles. The van der Waals surface area contributed by atoms with Crippen molar-refractivity contribution in [2.75, 3.05) is 31.9 Å². The summed E-state index contributed by atoms with van der Waals surface area (Å²) >= 11 is 0. The highest BCUT2D eigenvalue weighted by Gasteiger charge is 2.23. The van der Waals surface area contributed by atoms with Crippen molar-refractivity contribution in [1.29, 1.82) is 0 Å². The highest BCUT2D eigenvalue weighted by atomic mass is 32.2. The van der Waals surface area contributed by atoms with Gasteiger partial charge in [-0.05, 0) is 37.3 Å². The Hall–Kier alpha value is -1.36. The third kappa shape index (κ3) is 5.65. The van der Waals surface area contributed by atoms with Crippen LogP contribution in [0.5, 0.6) is 0 Å². The summed E-state index contributed by atoms with van der Waals surface area (Å²) < 4.78 is 12.3. The molecule has 1 heterocycles. The fraction of sp³-hybridized carbons (Fsp3) is 0.611. The molecule has 2 rings (SSSR count). The molecule has 1 aromatic carbocycles. The van der Waals surface area contributed by atoms with Crippen molar-refractivity contribution >= 4 is 16.8 Å². The van der Waals surface area contributed by atoms with Gasteiger partial charge in [-0.3, -0.25) is 9.20 Å². The Bertz CT molecular complexity index is 522. The summed E-state index contributed by atoms with van der Waals surface area (Å²) in [5.74, 6) is 2.93. The molecule has 1 aliphatic heterocycles. The molecule has 0 spiro atoms. The Balaban J connectivity index is 1.94. The van der Waals surface area contributed by atoms with E-state index < -0.39 is 10.8 Å². The Morgan fingerprint density at radius 1 is 1.26 bits per heavy atom. The van der Waals surface area contributed by atoms with Crippen molar-refractivity contribution < 1.29 is 4.21 Å². The monoisotopic (exact) mass is 335 g/mol. The number of benzene rings is 1. The Labute approximate surface area is 142 Å². The Morgan fingerprint density at radius 3 is 2.52 bits per heavy atom. The van der Waals surface area contributed by atoms with Crippen LogP contribution in [-0.2, 0) is 10.8 Å². The van der Waals surface area contributed by atoms with Crippen LogP contribution in [0.2, 0.25) is 0 Å². The van der Waals surface area contributed by atoms with Crippen LogP contribution >= 0.6 is 0 Å². The summed E-state index contributed by atoms with van der Waals surface area (Å²) in [6.07, 6.45) is 1.29. The molecule has 0 saturated carbocycles. The van der Waals surface area contributed by atoms with Crippen molar-refractivity contribution in [3.05, 3.63) is 30.3 Å². The summed E-state index contributed by atoms with van der Waals surface area (Å²) in [6.45, 7) is 10.3. The van der Waals surface area contributed by atoms with E-state index in [1.165, 1.54) is 6.42 Å². The topological polar surface area (TPSA) is 44.7 Å². The predicted molar refractivity (Wildman–Crippen MR) is 98.2 cm³/mol. The van der Waals surface area contributed by atoms with E-state index in [2.05, 4.69) is 31.0 Å². The molecule has 0 amide bonds. The van der Waals surface area contributed by atoms with Gasteiger partial charge in [0.15, 0.2) is 5.96 Å². The smallest absolute Gasteiger partial charge is 0.193 e. The van der Waals surface area contributed by atoms with E-state index in [0.29, 0.717) is 24.1 Å². The van der Waals surface area contributed by atoms with Crippen LogP contribution in [0.1, 0.15) is 27.2 Å². The van der Waals surface area contributed by atoms with Gasteiger partial charge in [-0.2, -0.15) is 0 Å². The molecule has 1 aromatic rings. The zero-order valence-corrected chi connectivity index (χ0v) is 15.3. The average Bonchev–Trinajstić information content (AvgIpc) is 2.54. The van der Waals surface area contributed by atoms with Gasteiger partial charge >= 0.3 is 0 Å². The van der Waals surface area contributed by atoms with Gasteiger partial charge in [0.2, 0.25) is 0 Å². The zero-order chi connectivity index (χ0) is 16.7. The highest BCUT2D eigenvalue weighted by molar-refractivity contribution is 7.85. The fourth-order valence-electron chi connectivity index (χ4n) is 3.19. The second-order valence-corrected chi connectivity index (χ2v) is 8.02. The first-order chi connectivity index (χ1) is 11.1. The summed E-state index contributed by atoms with van der Waals surface area (Å²) in [7, 11) is -0.976. The number of guanidine groups is 1. The number of nitrogens with one attached hydrogen (secondary N) is 1. The molecule has 3 atom stereocenters. The Kier molecular flexibility index (Phi) is 7.09. The van der Waals surface area contributed by atoms with Gasteiger partial charge in [0, 0.05) is 30.3 Å². The standard InChI is InChI=1S/C18H29N3OS/c1-4-19-18(21-13-15(2)12-16(3)14-21)20-10-11-23(22)17-8-6-5-7-9-17/h5-9,15-16H,4,10-14H2,1-3H3,(H,19,20). The molecule has 1 fully saturated rings. The predicted octanol–water partition coefficient (Wildman–Crippen LogP) is 2.74. The third-order valence-electron chi connectivity index (χ3n) is 4.05. The van der Waals surface area contributed by atoms with Crippen LogP contribution in [0.3, 0.4) is 0 Å². The number of piperidine rings is 1. The second-order valence-electron chi connectivity index (χ2n) is 6.45. The van der Waals surface area contributed by atoms with E-state index in [1.54, 1.807) is 0 Å². The minimum absolute atomic E-state index is 0.567.